The molecule has 0 radical (unpaired) electrons. The number of aliphatic imine (C=N–C) groups is 1. The van der Waals surface area contributed by atoms with Gasteiger partial charge in [-0.15, -0.1) is 0 Å². The molecule has 138 valence electrons. The molecule has 0 amide bonds. The lowest BCUT2D eigenvalue weighted by atomic mass is 9.86. The van der Waals surface area contributed by atoms with Gasteiger partial charge in [0.2, 0.25) is 5.82 Å². The van der Waals surface area contributed by atoms with Crippen molar-refractivity contribution in [3.8, 4) is 0 Å². The molecule has 0 unspecified atom stereocenters. The summed E-state index contributed by atoms with van der Waals surface area (Å²) in [4.78, 5) is 28.5. The number of hydrogen-bond acceptors (Lipinski definition) is 7. The van der Waals surface area contributed by atoms with E-state index < -0.39 is 27.5 Å². The van der Waals surface area contributed by atoms with Crippen LogP contribution in [0.2, 0.25) is 0 Å². The number of likely N-dealkylation sites (tertiary alicyclic amines) is 1. The average Bonchev–Trinajstić information content (AvgIpc) is 2.90. The first kappa shape index (κ1) is 17.8. The number of nitrogens with two attached hydrogens (primary N) is 1. The minimum absolute atomic E-state index is 0.230. The smallest absolute Gasteiger partial charge is 0.302 e. The summed E-state index contributed by atoms with van der Waals surface area (Å²) >= 11 is 0. The fourth-order valence-corrected chi connectivity index (χ4v) is 3.69. The van der Waals surface area contributed by atoms with Crippen LogP contribution in [0.1, 0.15) is 37.2 Å². The predicted molar refractivity (Wildman–Crippen MR) is 95.6 cm³/mol. The monoisotopic (exact) mass is 359 g/mol. The zero-order chi connectivity index (χ0) is 18.7. The van der Waals surface area contributed by atoms with Crippen LogP contribution in [0.25, 0.3) is 0 Å². The summed E-state index contributed by atoms with van der Waals surface area (Å²) in [5.74, 6) is -1.09. The van der Waals surface area contributed by atoms with Crippen LogP contribution >= 0.6 is 0 Å². The molecule has 1 aromatic rings. The van der Waals surface area contributed by atoms with Gasteiger partial charge in [0.05, 0.1) is 4.92 Å². The van der Waals surface area contributed by atoms with Crippen LogP contribution in [0.5, 0.6) is 0 Å². The second kappa shape index (κ2) is 7.51. The SMILES string of the molecule is NC1=C([N+](=O)[O-])[C@@H](c2ccccc2)[C@H]([N+](=O)[O-])C(N2CCCCCC2)=N1. The van der Waals surface area contributed by atoms with Crippen molar-refractivity contribution in [2.24, 2.45) is 10.7 Å². The van der Waals surface area contributed by atoms with Gasteiger partial charge < -0.3 is 10.6 Å². The number of nitro groups is 2. The van der Waals surface area contributed by atoms with E-state index in [-0.39, 0.29) is 11.7 Å². The fraction of sp³-hybridized carbons (Fsp3) is 0.471. The zero-order valence-corrected chi connectivity index (χ0v) is 14.3. The molecular weight excluding hydrogens is 338 g/mol. The highest BCUT2D eigenvalue weighted by atomic mass is 16.6. The molecule has 9 heteroatoms. The lowest BCUT2D eigenvalue weighted by Gasteiger charge is -2.31. The molecule has 26 heavy (non-hydrogen) atoms. The Bertz CT molecular complexity index is 754. The highest BCUT2D eigenvalue weighted by Gasteiger charge is 2.51. The Kier molecular flexibility index (Phi) is 5.15. The average molecular weight is 359 g/mol. The quantitative estimate of drug-likeness (QED) is 0.650. The number of benzene rings is 1. The van der Waals surface area contributed by atoms with E-state index in [1.54, 1.807) is 30.3 Å². The lowest BCUT2D eigenvalue weighted by Crippen LogP contribution is -2.50. The number of nitrogens with zero attached hydrogens (tertiary/aromatic N) is 4. The van der Waals surface area contributed by atoms with Gasteiger partial charge in [-0.05, 0) is 18.4 Å². The van der Waals surface area contributed by atoms with Crippen molar-refractivity contribution < 1.29 is 9.85 Å². The summed E-state index contributed by atoms with van der Waals surface area (Å²) in [7, 11) is 0. The van der Waals surface area contributed by atoms with Crippen molar-refractivity contribution >= 4 is 5.84 Å². The summed E-state index contributed by atoms with van der Waals surface area (Å²) in [5.41, 5.74) is 5.99. The Labute approximate surface area is 150 Å². The first-order valence-electron chi connectivity index (χ1n) is 8.66. The second-order valence-corrected chi connectivity index (χ2v) is 6.52. The van der Waals surface area contributed by atoms with Crippen LogP contribution in [0.15, 0.2) is 46.8 Å². The Hall–Kier alpha value is -2.97. The summed E-state index contributed by atoms with van der Waals surface area (Å²) in [6, 6.07) is 7.15. The van der Waals surface area contributed by atoms with Gasteiger partial charge in [0.1, 0.15) is 0 Å². The van der Waals surface area contributed by atoms with Crippen LogP contribution in [0, 0.1) is 20.2 Å². The van der Waals surface area contributed by atoms with E-state index in [1.165, 1.54) is 0 Å². The fourth-order valence-electron chi connectivity index (χ4n) is 3.69. The van der Waals surface area contributed by atoms with E-state index in [0.717, 1.165) is 25.7 Å². The summed E-state index contributed by atoms with van der Waals surface area (Å²) in [6.45, 7) is 1.29. The van der Waals surface area contributed by atoms with Crippen LogP contribution in [0.4, 0.5) is 0 Å². The van der Waals surface area contributed by atoms with Gasteiger partial charge in [-0.1, -0.05) is 43.2 Å². The Morgan fingerprint density at radius 3 is 2.19 bits per heavy atom. The topological polar surface area (TPSA) is 128 Å². The second-order valence-electron chi connectivity index (χ2n) is 6.52. The number of amidine groups is 1. The minimum Gasteiger partial charge on any atom is -0.378 e. The van der Waals surface area contributed by atoms with Crippen LogP contribution in [-0.4, -0.2) is 39.7 Å². The maximum absolute atomic E-state index is 12.0. The molecule has 2 N–H and O–H groups in total. The highest BCUT2D eigenvalue weighted by Crippen LogP contribution is 2.36. The maximum atomic E-state index is 12.0. The van der Waals surface area contributed by atoms with Crippen LogP contribution in [0.3, 0.4) is 0 Å². The molecule has 1 aromatic carbocycles. The molecule has 1 saturated heterocycles. The molecule has 1 fully saturated rings. The molecule has 0 bridgehead atoms. The molecule has 2 aliphatic rings. The third-order valence-corrected chi connectivity index (χ3v) is 4.88. The van der Waals surface area contributed by atoms with Gasteiger partial charge in [0, 0.05) is 18.0 Å². The normalized spacial score (nSPS) is 24.0. The van der Waals surface area contributed by atoms with E-state index in [4.69, 9.17) is 5.73 Å². The maximum Gasteiger partial charge on any atom is 0.302 e. The summed E-state index contributed by atoms with van der Waals surface area (Å²) in [6.07, 6.45) is 3.93. The molecule has 0 spiro atoms. The van der Waals surface area contributed by atoms with E-state index >= 15 is 0 Å². The largest absolute Gasteiger partial charge is 0.378 e. The van der Waals surface area contributed by atoms with Crippen molar-refractivity contribution in [1.29, 1.82) is 0 Å². The van der Waals surface area contributed by atoms with Crippen LogP contribution < -0.4 is 5.73 Å². The standard InChI is InChI=1S/C17H21N5O4/c18-16-14(21(23)24)13(12-8-4-3-5-9-12)15(22(25)26)17(19-16)20-10-6-1-2-7-11-20/h3-5,8-9,13,15H,1-2,6-7,10-11,18H2/t13-,15+/m1/s1. The number of hydrogen-bond donors (Lipinski definition) is 1. The van der Waals surface area contributed by atoms with Gasteiger partial charge in [0.25, 0.3) is 6.04 Å². The van der Waals surface area contributed by atoms with Crippen molar-refractivity contribution in [3.05, 3.63) is 67.6 Å². The molecular formula is C17H21N5O4. The molecule has 0 aromatic heterocycles. The van der Waals surface area contributed by atoms with Gasteiger partial charge in [-0.3, -0.25) is 20.2 Å². The molecule has 2 heterocycles. The third kappa shape index (κ3) is 3.37. The van der Waals surface area contributed by atoms with Crippen molar-refractivity contribution in [3.63, 3.8) is 0 Å². The van der Waals surface area contributed by atoms with Gasteiger partial charge in [0.15, 0.2) is 11.8 Å². The molecule has 0 saturated carbocycles. The van der Waals surface area contributed by atoms with E-state index in [9.17, 15) is 20.2 Å². The van der Waals surface area contributed by atoms with Crippen molar-refractivity contribution in [2.45, 2.75) is 37.6 Å². The first-order valence-corrected chi connectivity index (χ1v) is 8.66. The van der Waals surface area contributed by atoms with E-state index in [2.05, 4.69) is 4.99 Å². The predicted octanol–water partition coefficient (Wildman–Crippen LogP) is 2.11. The number of rotatable bonds is 3. The van der Waals surface area contributed by atoms with E-state index in [0.29, 0.717) is 18.7 Å². The van der Waals surface area contributed by atoms with E-state index in [1.807, 2.05) is 4.90 Å². The van der Waals surface area contributed by atoms with Gasteiger partial charge >= 0.3 is 5.70 Å². The van der Waals surface area contributed by atoms with Crippen molar-refractivity contribution in [1.82, 2.24) is 4.90 Å². The molecule has 9 nitrogen and oxygen atoms in total. The summed E-state index contributed by atoms with van der Waals surface area (Å²) in [5, 5.41) is 23.6. The zero-order valence-electron chi connectivity index (χ0n) is 14.3. The third-order valence-electron chi connectivity index (χ3n) is 4.88. The molecule has 3 rings (SSSR count). The minimum atomic E-state index is -1.33. The Morgan fingerprint density at radius 1 is 1.04 bits per heavy atom. The summed E-state index contributed by atoms with van der Waals surface area (Å²) < 4.78 is 0. The van der Waals surface area contributed by atoms with Crippen molar-refractivity contribution in [2.75, 3.05) is 13.1 Å². The molecule has 0 aliphatic carbocycles. The highest BCUT2D eigenvalue weighted by molar-refractivity contribution is 5.90. The Balaban J connectivity index is 2.13. The Morgan fingerprint density at radius 2 is 1.65 bits per heavy atom. The molecule has 2 aliphatic heterocycles. The first-order chi connectivity index (χ1) is 12.5. The van der Waals surface area contributed by atoms with Gasteiger partial charge in [-0.2, -0.15) is 0 Å². The van der Waals surface area contributed by atoms with Crippen LogP contribution in [-0.2, 0) is 0 Å². The molecule has 2 atom stereocenters. The lowest BCUT2D eigenvalue weighted by molar-refractivity contribution is -0.517. The van der Waals surface area contributed by atoms with Gasteiger partial charge in [-0.25, -0.2) is 4.99 Å².